The maximum Gasteiger partial charge on any atom is 0.108 e. The normalized spacial score (nSPS) is 18.1. The van der Waals surface area contributed by atoms with Crippen molar-refractivity contribution in [2.45, 2.75) is 0 Å². The number of hydrogen-bond acceptors (Lipinski definition) is 2. The first-order valence-corrected chi connectivity index (χ1v) is 2.37. The third-order valence-corrected chi connectivity index (χ3v) is 0.925. The Morgan fingerprint density at radius 2 is 2.71 bits per heavy atom. The largest absolute Gasteiger partial charge is 0.357 e. The molecule has 0 atom stereocenters. The van der Waals surface area contributed by atoms with Gasteiger partial charge >= 0.3 is 0 Å². The fourth-order valence-electron chi connectivity index (χ4n) is 0.351. The van der Waals surface area contributed by atoms with Crippen LogP contribution in [0, 0.1) is 0 Å². The smallest absolute Gasteiger partial charge is 0.108 e. The van der Waals surface area contributed by atoms with Crippen molar-refractivity contribution >= 4 is 17.8 Å². The summed E-state index contributed by atoms with van der Waals surface area (Å²) in [6.45, 7) is 0.606. The second-order valence-corrected chi connectivity index (χ2v) is 1.59. The van der Waals surface area contributed by atoms with Gasteiger partial charge < -0.3 is 5.32 Å². The predicted molar refractivity (Wildman–Crippen MR) is 30.4 cm³/mol. The Labute approximate surface area is 46.9 Å². The van der Waals surface area contributed by atoms with Crippen molar-refractivity contribution < 1.29 is 0 Å². The molecule has 0 radical (unpaired) electrons. The molecule has 0 saturated heterocycles. The fourth-order valence-corrected chi connectivity index (χ4v) is 0.467. The maximum absolute atomic E-state index is 5.48. The van der Waals surface area contributed by atoms with Crippen LogP contribution in [0.3, 0.4) is 0 Å². The van der Waals surface area contributed by atoms with Gasteiger partial charge in [0.25, 0.3) is 0 Å². The van der Waals surface area contributed by atoms with Crippen molar-refractivity contribution in [2.75, 3.05) is 6.67 Å². The van der Waals surface area contributed by atoms with E-state index >= 15 is 0 Å². The molecule has 0 aromatic heterocycles. The summed E-state index contributed by atoms with van der Waals surface area (Å²) in [5.74, 6) is 0. The lowest BCUT2D eigenvalue weighted by Crippen LogP contribution is -2.12. The Kier molecular flexibility index (Phi) is 1.32. The molecular formula is C4H5ClN2. The van der Waals surface area contributed by atoms with Gasteiger partial charge in [0.2, 0.25) is 0 Å². The van der Waals surface area contributed by atoms with Crippen LogP contribution in [0.25, 0.3) is 0 Å². The summed E-state index contributed by atoms with van der Waals surface area (Å²) in [5.41, 5.74) is 0. The number of hydrogen-bond donors (Lipinski definition) is 1. The van der Waals surface area contributed by atoms with E-state index in [4.69, 9.17) is 11.6 Å². The number of allylic oxidation sites excluding steroid dienone is 1. The quantitative estimate of drug-likeness (QED) is 0.463. The summed E-state index contributed by atoms with van der Waals surface area (Å²) >= 11 is 5.48. The number of aliphatic imine (C=N–C) groups is 1. The third kappa shape index (κ3) is 1.20. The molecule has 3 heteroatoms. The van der Waals surface area contributed by atoms with E-state index in [1.54, 1.807) is 12.3 Å². The molecule has 1 heterocycles. The highest BCUT2D eigenvalue weighted by Crippen LogP contribution is 1.95. The highest BCUT2D eigenvalue weighted by molar-refractivity contribution is 6.30. The molecule has 0 amide bonds. The van der Waals surface area contributed by atoms with Gasteiger partial charge in [0, 0.05) is 6.21 Å². The number of nitrogens with zero attached hydrogens (tertiary/aromatic N) is 1. The highest BCUT2D eigenvalue weighted by Gasteiger charge is 1.88. The van der Waals surface area contributed by atoms with Gasteiger partial charge in [0.05, 0.1) is 0 Å². The monoisotopic (exact) mass is 116 g/mol. The molecule has 0 aromatic carbocycles. The van der Waals surface area contributed by atoms with Gasteiger partial charge in [0.1, 0.15) is 11.8 Å². The molecule has 0 spiro atoms. The highest BCUT2D eigenvalue weighted by atomic mass is 35.5. The number of nitrogens with one attached hydrogen (secondary N) is 1. The molecule has 0 aliphatic carbocycles. The van der Waals surface area contributed by atoms with Crippen LogP contribution in [-0.4, -0.2) is 12.9 Å². The van der Waals surface area contributed by atoms with E-state index in [1.807, 2.05) is 0 Å². The minimum Gasteiger partial charge on any atom is -0.357 e. The Balaban J connectivity index is 2.57. The summed E-state index contributed by atoms with van der Waals surface area (Å²) in [7, 11) is 0. The van der Waals surface area contributed by atoms with Crippen molar-refractivity contribution in [3.8, 4) is 0 Å². The van der Waals surface area contributed by atoms with E-state index in [1.165, 1.54) is 0 Å². The summed E-state index contributed by atoms with van der Waals surface area (Å²) in [6, 6.07) is 0. The van der Waals surface area contributed by atoms with Gasteiger partial charge in [-0.3, -0.25) is 4.99 Å². The lowest BCUT2D eigenvalue weighted by atomic mass is 10.6. The molecule has 1 aliphatic heterocycles. The van der Waals surface area contributed by atoms with Gasteiger partial charge in [-0.1, -0.05) is 11.6 Å². The molecule has 1 rings (SSSR count). The van der Waals surface area contributed by atoms with Crippen LogP contribution in [0.1, 0.15) is 0 Å². The fraction of sp³-hybridized carbons (Fsp3) is 0.250. The standard InChI is InChI=1S/C4H5ClN2/c5-4-1-2-6-3-7-4/h1-2,7H,3H2. The summed E-state index contributed by atoms with van der Waals surface area (Å²) < 4.78 is 0. The third-order valence-electron chi connectivity index (χ3n) is 0.665. The topological polar surface area (TPSA) is 24.4 Å². The summed E-state index contributed by atoms with van der Waals surface area (Å²) in [5, 5.41) is 3.47. The van der Waals surface area contributed by atoms with Crippen molar-refractivity contribution in [1.82, 2.24) is 5.32 Å². The van der Waals surface area contributed by atoms with Gasteiger partial charge in [-0.2, -0.15) is 0 Å². The Morgan fingerprint density at radius 1 is 1.86 bits per heavy atom. The maximum atomic E-state index is 5.48. The van der Waals surface area contributed by atoms with Crippen LogP contribution < -0.4 is 5.32 Å². The second-order valence-electron chi connectivity index (χ2n) is 1.18. The lowest BCUT2D eigenvalue weighted by Gasteiger charge is -2.01. The zero-order valence-corrected chi connectivity index (χ0v) is 4.44. The molecule has 0 unspecified atom stereocenters. The van der Waals surface area contributed by atoms with Crippen LogP contribution in [0.4, 0.5) is 0 Å². The van der Waals surface area contributed by atoms with Gasteiger partial charge in [-0.15, -0.1) is 0 Å². The van der Waals surface area contributed by atoms with Crippen LogP contribution in [0.5, 0.6) is 0 Å². The van der Waals surface area contributed by atoms with E-state index in [2.05, 4.69) is 10.3 Å². The molecule has 1 aliphatic rings. The van der Waals surface area contributed by atoms with Crippen molar-refractivity contribution in [1.29, 1.82) is 0 Å². The average Bonchev–Trinajstić information content (AvgIpc) is 1.69. The van der Waals surface area contributed by atoms with Crippen LogP contribution in [0.15, 0.2) is 16.2 Å². The predicted octanol–water partition coefficient (Wildman–Crippen LogP) is 0.698. The minimum atomic E-state index is 0.606. The minimum absolute atomic E-state index is 0.606. The van der Waals surface area contributed by atoms with Crippen molar-refractivity contribution in [3.05, 3.63) is 11.2 Å². The molecule has 0 bridgehead atoms. The first-order chi connectivity index (χ1) is 3.39. The number of halogens is 1. The van der Waals surface area contributed by atoms with E-state index in [-0.39, 0.29) is 0 Å². The van der Waals surface area contributed by atoms with Gasteiger partial charge in [-0.25, -0.2) is 0 Å². The molecule has 0 fully saturated rings. The lowest BCUT2D eigenvalue weighted by molar-refractivity contribution is 0.863. The van der Waals surface area contributed by atoms with Crippen LogP contribution in [-0.2, 0) is 0 Å². The molecule has 2 nitrogen and oxygen atoms in total. The Hall–Kier alpha value is -0.500. The Morgan fingerprint density at radius 3 is 3.00 bits per heavy atom. The molecular weight excluding hydrogens is 112 g/mol. The summed E-state index contributed by atoms with van der Waals surface area (Å²) in [6.07, 6.45) is 3.39. The van der Waals surface area contributed by atoms with Gasteiger partial charge in [-0.05, 0) is 6.08 Å². The Bertz CT molecular complexity index is 117. The first kappa shape index (κ1) is 4.65. The number of rotatable bonds is 0. The van der Waals surface area contributed by atoms with Crippen LogP contribution >= 0.6 is 11.6 Å². The second kappa shape index (κ2) is 1.98. The molecule has 1 N–H and O–H groups in total. The zero-order valence-electron chi connectivity index (χ0n) is 3.69. The van der Waals surface area contributed by atoms with Crippen LogP contribution in [0.2, 0.25) is 0 Å². The average molecular weight is 117 g/mol. The molecule has 38 valence electrons. The first-order valence-electron chi connectivity index (χ1n) is 1.99. The molecule has 0 saturated carbocycles. The SMILES string of the molecule is ClC1=CC=NCN1. The van der Waals surface area contributed by atoms with Crippen molar-refractivity contribution in [2.24, 2.45) is 4.99 Å². The van der Waals surface area contributed by atoms with E-state index < -0.39 is 0 Å². The molecule has 0 aromatic rings. The molecule has 7 heavy (non-hydrogen) atoms. The zero-order chi connectivity index (χ0) is 5.11. The van der Waals surface area contributed by atoms with Gasteiger partial charge in [0.15, 0.2) is 0 Å². The van der Waals surface area contributed by atoms with Crippen molar-refractivity contribution in [3.63, 3.8) is 0 Å². The van der Waals surface area contributed by atoms with E-state index in [9.17, 15) is 0 Å². The van der Waals surface area contributed by atoms with E-state index in [0.29, 0.717) is 11.8 Å². The van der Waals surface area contributed by atoms with E-state index in [0.717, 1.165) is 0 Å². The summed E-state index contributed by atoms with van der Waals surface area (Å²) in [4.78, 5) is 3.83.